The van der Waals surface area contributed by atoms with Crippen LogP contribution in [0.5, 0.6) is 0 Å². The van der Waals surface area contributed by atoms with E-state index in [0.29, 0.717) is 0 Å². The Hall–Kier alpha value is 1.26. The molecule has 0 fully saturated rings. The zero-order chi connectivity index (χ0) is 2.71. The van der Waals surface area contributed by atoms with E-state index in [9.17, 15) is 0 Å². The average molecular weight is 85.2 g/mol. The van der Waals surface area contributed by atoms with Crippen LogP contribution >= 0.6 is 0 Å². The molecule has 23 valence electrons. The van der Waals surface area contributed by atoms with Crippen molar-refractivity contribution >= 4 is 37.7 Å². The molecule has 0 heterocycles. The van der Waals surface area contributed by atoms with Crippen LogP contribution in [0.1, 0.15) is 13.8 Å². The second kappa shape index (κ2) is 8.86. The van der Waals surface area contributed by atoms with E-state index in [1.807, 2.05) is 20.3 Å². The quantitative estimate of drug-likeness (QED) is 0.371. The van der Waals surface area contributed by atoms with Gasteiger partial charge in [0.25, 0.3) is 0 Å². The zero-order valence-corrected chi connectivity index (χ0v) is 2.58. The van der Waals surface area contributed by atoms with Crippen molar-refractivity contribution in [2.24, 2.45) is 0 Å². The summed E-state index contributed by atoms with van der Waals surface area (Å²) in [5, 5.41) is 0. The molecule has 0 aromatic carbocycles. The Balaban J connectivity index is 0. The molecule has 0 saturated heterocycles. The van der Waals surface area contributed by atoms with E-state index in [1.54, 1.807) is 0 Å². The Morgan fingerprint density at radius 1 is 1.25 bits per heavy atom. The molecule has 0 atom stereocenters. The fourth-order valence-corrected chi connectivity index (χ4v) is 0. The first-order chi connectivity index (χ1) is 1.41. The summed E-state index contributed by atoms with van der Waals surface area (Å²) in [6.45, 7) is 4.00. The summed E-state index contributed by atoms with van der Waals surface area (Å²) in [5.41, 5.74) is 0. The first-order valence-electron chi connectivity index (χ1n) is 1.15. The predicted molar refractivity (Wildman–Crippen MR) is 24.2 cm³/mol. The summed E-state index contributed by atoms with van der Waals surface area (Å²) in [7, 11) is 0. The summed E-state index contributed by atoms with van der Waals surface area (Å²) in [4.78, 5) is 0. The minimum atomic E-state index is 0. The first-order valence-corrected chi connectivity index (χ1v) is 1.15. The molecule has 0 bridgehead atoms. The van der Waals surface area contributed by atoms with Crippen molar-refractivity contribution in [1.82, 2.24) is 0 Å². The molecule has 1 radical (unpaired) electrons. The summed E-state index contributed by atoms with van der Waals surface area (Å²) < 4.78 is 0. The molecule has 0 saturated carbocycles. The van der Waals surface area contributed by atoms with Crippen LogP contribution in [0, 0.1) is 6.42 Å². The molecular formula is C3H9Ca. The SMILES string of the molecule is C[CH]C.[CaH2]. The Morgan fingerprint density at radius 2 is 1.25 bits per heavy atom. The van der Waals surface area contributed by atoms with Crippen LogP contribution in [0.2, 0.25) is 0 Å². The molecular weight excluding hydrogens is 76.1 g/mol. The standard InChI is InChI=1S/C3H7.Ca.2H/c1-3-2;;;/h3H,1-2H3;;;. The Kier molecular flexibility index (Phi) is 19.9. The molecule has 4 heavy (non-hydrogen) atoms. The van der Waals surface area contributed by atoms with Gasteiger partial charge in [-0.1, -0.05) is 13.8 Å². The normalized spacial score (nSPS) is 4.50. The van der Waals surface area contributed by atoms with Crippen LogP contribution in [-0.2, 0) is 0 Å². The van der Waals surface area contributed by atoms with Crippen LogP contribution in [0.4, 0.5) is 0 Å². The van der Waals surface area contributed by atoms with Crippen LogP contribution in [0.15, 0.2) is 0 Å². The fourth-order valence-electron chi connectivity index (χ4n) is 0. The minimum absolute atomic E-state index is 0. The second-order valence-corrected chi connectivity index (χ2v) is 0.577. The van der Waals surface area contributed by atoms with Crippen LogP contribution in [-0.4, -0.2) is 37.7 Å². The van der Waals surface area contributed by atoms with E-state index in [-0.39, 0.29) is 37.7 Å². The third kappa shape index (κ3) is 10.5. The molecule has 0 unspecified atom stereocenters. The number of hydrogen-bond donors (Lipinski definition) is 0. The Bertz CT molecular complexity index is 3.25. The van der Waals surface area contributed by atoms with Gasteiger partial charge in [0.05, 0.1) is 0 Å². The van der Waals surface area contributed by atoms with Crippen molar-refractivity contribution < 1.29 is 0 Å². The summed E-state index contributed by atoms with van der Waals surface area (Å²) in [6, 6.07) is 0. The molecule has 0 spiro atoms. The summed E-state index contributed by atoms with van der Waals surface area (Å²) in [5.74, 6) is 0. The van der Waals surface area contributed by atoms with Gasteiger partial charge in [-0.15, -0.1) is 0 Å². The van der Waals surface area contributed by atoms with Gasteiger partial charge in [0, 0.05) is 0 Å². The van der Waals surface area contributed by atoms with Crippen LogP contribution in [0.3, 0.4) is 0 Å². The third-order valence-electron chi connectivity index (χ3n) is 0. The van der Waals surface area contributed by atoms with Gasteiger partial charge in [-0.05, 0) is 6.42 Å². The monoisotopic (exact) mass is 85.0 g/mol. The Morgan fingerprint density at radius 3 is 1.25 bits per heavy atom. The Labute approximate surface area is 57.6 Å². The first kappa shape index (κ1) is 8.98. The fraction of sp³-hybridized carbons (Fsp3) is 0.667. The van der Waals surface area contributed by atoms with Crippen LogP contribution < -0.4 is 0 Å². The molecule has 0 aliphatic rings. The van der Waals surface area contributed by atoms with E-state index in [1.165, 1.54) is 0 Å². The average Bonchev–Trinajstić information content (AvgIpc) is 0.918. The van der Waals surface area contributed by atoms with E-state index in [0.717, 1.165) is 0 Å². The molecule has 1 heteroatoms. The molecule has 0 rings (SSSR count). The van der Waals surface area contributed by atoms with Gasteiger partial charge >= 0.3 is 37.7 Å². The molecule has 0 aromatic rings. The van der Waals surface area contributed by atoms with E-state index in [2.05, 4.69) is 0 Å². The molecule has 0 N–H and O–H groups in total. The molecule has 0 nitrogen and oxygen atoms in total. The van der Waals surface area contributed by atoms with E-state index in [4.69, 9.17) is 0 Å². The number of rotatable bonds is 0. The zero-order valence-electron chi connectivity index (χ0n) is 2.58. The van der Waals surface area contributed by atoms with E-state index < -0.39 is 0 Å². The summed E-state index contributed by atoms with van der Waals surface area (Å²) in [6.07, 6.45) is 2.00. The predicted octanol–water partition coefficient (Wildman–Crippen LogP) is 0.314. The molecule has 0 aliphatic carbocycles. The van der Waals surface area contributed by atoms with Gasteiger partial charge in [0.15, 0.2) is 0 Å². The van der Waals surface area contributed by atoms with Gasteiger partial charge in [-0.25, -0.2) is 0 Å². The van der Waals surface area contributed by atoms with Gasteiger partial charge < -0.3 is 0 Å². The summed E-state index contributed by atoms with van der Waals surface area (Å²) >= 11 is 0. The van der Waals surface area contributed by atoms with Crippen molar-refractivity contribution in [2.75, 3.05) is 0 Å². The van der Waals surface area contributed by atoms with Gasteiger partial charge in [-0.3, -0.25) is 0 Å². The topological polar surface area (TPSA) is 0 Å². The van der Waals surface area contributed by atoms with Crippen molar-refractivity contribution in [1.29, 1.82) is 0 Å². The maximum atomic E-state index is 2.00. The second-order valence-electron chi connectivity index (χ2n) is 0.577. The van der Waals surface area contributed by atoms with Crippen molar-refractivity contribution in [3.05, 3.63) is 6.42 Å². The molecule has 0 aromatic heterocycles. The van der Waals surface area contributed by atoms with Crippen molar-refractivity contribution in [3.8, 4) is 0 Å². The van der Waals surface area contributed by atoms with Gasteiger partial charge in [0.2, 0.25) is 0 Å². The third-order valence-corrected chi connectivity index (χ3v) is 0. The maximum absolute atomic E-state index is 2.00. The van der Waals surface area contributed by atoms with E-state index >= 15 is 0 Å². The molecule has 0 aliphatic heterocycles. The van der Waals surface area contributed by atoms with Crippen LogP contribution in [0.25, 0.3) is 0 Å². The molecule has 0 amide bonds. The van der Waals surface area contributed by atoms with Gasteiger partial charge in [0.1, 0.15) is 0 Å². The number of hydrogen-bond acceptors (Lipinski definition) is 0. The van der Waals surface area contributed by atoms with Gasteiger partial charge in [-0.2, -0.15) is 0 Å². The van der Waals surface area contributed by atoms with Crippen molar-refractivity contribution in [2.45, 2.75) is 13.8 Å². The van der Waals surface area contributed by atoms with Crippen molar-refractivity contribution in [3.63, 3.8) is 0 Å².